The molecule has 1 aromatic carbocycles. The number of anilines is 2. The first-order valence-corrected chi connectivity index (χ1v) is 7.79. The second kappa shape index (κ2) is 7.03. The summed E-state index contributed by atoms with van der Waals surface area (Å²) >= 11 is 3.39. The molecule has 0 spiro atoms. The average Bonchev–Trinajstić information content (AvgIpc) is 3.00. The Balaban J connectivity index is 1.64. The van der Waals surface area contributed by atoms with Crippen molar-refractivity contribution in [3.8, 4) is 6.07 Å². The van der Waals surface area contributed by atoms with Crippen LogP contribution in [-0.2, 0) is 13.0 Å². The van der Waals surface area contributed by atoms with Crippen molar-refractivity contribution in [1.82, 2.24) is 19.7 Å². The van der Waals surface area contributed by atoms with Gasteiger partial charge in [-0.25, -0.2) is 9.97 Å². The minimum absolute atomic E-state index is 0.279. The maximum Gasteiger partial charge on any atom is 0.183 e. The van der Waals surface area contributed by atoms with E-state index in [-0.39, 0.29) is 5.69 Å². The Morgan fingerprint density at radius 2 is 1.96 bits per heavy atom. The Bertz CT molecular complexity index is 834. The molecule has 23 heavy (non-hydrogen) atoms. The minimum Gasteiger partial charge on any atom is -0.338 e. The summed E-state index contributed by atoms with van der Waals surface area (Å²) in [5.41, 5.74) is 2.36. The number of nitrogens with zero attached hydrogens (tertiary/aromatic N) is 5. The van der Waals surface area contributed by atoms with E-state index in [1.165, 1.54) is 11.8 Å². The Morgan fingerprint density at radius 3 is 2.65 bits per heavy atom. The first kappa shape index (κ1) is 15.2. The van der Waals surface area contributed by atoms with Crippen molar-refractivity contribution in [1.29, 1.82) is 5.26 Å². The highest BCUT2D eigenvalue weighted by Crippen LogP contribution is 2.17. The summed E-state index contributed by atoms with van der Waals surface area (Å²) in [6.45, 7) is 0.821. The van der Waals surface area contributed by atoms with E-state index in [4.69, 9.17) is 5.26 Å². The molecule has 0 bridgehead atoms. The molecule has 6 nitrogen and oxygen atoms in total. The van der Waals surface area contributed by atoms with Crippen LogP contribution in [0.5, 0.6) is 0 Å². The van der Waals surface area contributed by atoms with Crippen LogP contribution < -0.4 is 5.32 Å². The molecule has 0 fully saturated rings. The van der Waals surface area contributed by atoms with Gasteiger partial charge in [0.25, 0.3) is 0 Å². The molecule has 0 amide bonds. The van der Waals surface area contributed by atoms with Gasteiger partial charge in [0.15, 0.2) is 11.5 Å². The monoisotopic (exact) mass is 368 g/mol. The lowest BCUT2D eigenvalue weighted by molar-refractivity contribution is 0.614. The third kappa shape index (κ3) is 3.93. The van der Waals surface area contributed by atoms with E-state index >= 15 is 0 Å². The van der Waals surface area contributed by atoms with Gasteiger partial charge in [0.1, 0.15) is 6.07 Å². The van der Waals surface area contributed by atoms with E-state index in [9.17, 15) is 0 Å². The summed E-state index contributed by atoms with van der Waals surface area (Å²) in [5.74, 6) is 0.462. The lowest BCUT2D eigenvalue weighted by Crippen LogP contribution is -2.02. The largest absolute Gasteiger partial charge is 0.338 e. The molecule has 0 unspecified atom stereocenters. The van der Waals surface area contributed by atoms with E-state index < -0.39 is 0 Å². The normalized spacial score (nSPS) is 10.3. The maximum atomic E-state index is 9.02. The maximum absolute atomic E-state index is 9.02. The number of halogens is 1. The van der Waals surface area contributed by atoms with Gasteiger partial charge >= 0.3 is 0 Å². The molecule has 2 aromatic heterocycles. The third-order valence-electron chi connectivity index (χ3n) is 3.25. The third-order valence-corrected chi connectivity index (χ3v) is 3.66. The van der Waals surface area contributed by atoms with Crippen LogP contribution in [0.2, 0.25) is 0 Å². The topological polar surface area (TPSA) is 79.4 Å². The fraction of sp³-hybridized carbons (Fsp3) is 0.125. The highest BCUT2D eigenvalue weighted by molar-refractivity contribution is 9.10. The van der Waals surface area contributed by atoms with Crippen molar-refractivity contribution >= 4 is 27.4 Å². The van der Waals surface area contributed by atoms with E-state index in [1.54, 1.807) is 12.4 Å². The van der Waals surface area contributed by atoms with Crippen LogP contribution in [0.4, 0.5) is 11.5 Å². The predicted molar refractivity (Wildman–Crippen MR) is 90.1 cm³/mol. The van der Waals surface area contributed by atoms with Gasteiger partial charge in [0.05, 0.1) is 10.7 Å². The smallest absolute Gasteiger partial charge is 0.183 e. The molecule has 0 atom stereocenters. The number of hydrogen-bond donors (Lipinski definition) is 1. The SMILES string of the molecule is N#Cc1nccnc1Nc1ccc(CCn2cc(Br)cn2)cc1. The summed E-state index contributed by atoms with van der Waals surface area (Å²) in [7, 11) is 0. The van der Waals surface area contributed by atoms with Crippen molar-refractivity contribution in [2.24, 2.45) is 0 Å². The van der Waals surface area contributed by atoms with Crippen molar-refractivity contribution in [2.45, 2.75) is 13.0 Å². The van der Waals surface area contributed by atoms with Gasteiger partial charge in [-0.05, 0) is 40.0 Å². The molecule has 0 saturated heterocycles. The Morgan fingerprint density at radius 1 is 1.17 bits per heavy atom. The lowest BCUT2D eigenvalue weighted by atomic mass is 10.1. The molecule has 0 radical (unpaired) electrons. The average molecular weight is 369 g/mol. The van der Waals surface area contributed by atoms with Crippen molar-refractivity contribution in [3.63, 3.8) is 0 Å². The van der Waals surface area contributed by atoms with Crippen LogP contribution >= 0.6 is 15.9 Å². The molecular formula is C16H13BrN6. The van der Waals surface area contributed by atoms with Gasteiger partial charge in [0, 0.05) is 30.8 Å². The molecule has 3 aromatic rings. The van der Waals surface area contributed by atoms with Crippen molar-refractivity contribution in [3.05, 3.63) is 64.8 Å². The molecular weight excluding hydrogens is 356 g/mol. The number of rotatable bonds is 5. The Kier molecular flexibility index (Phi) is 4.64. The summed E-state index contributed by atoms with van der Waals surface area (Å²) in [5, 5.41) is 16.4. The molecule has 0 aliphatic heterocycles. The fourth-order valence-electron chi connectivity index (χ4n) is 2.11. The molecule has 114 valence electrons. The lowest BCUT2D eigenvalue weighted by Gasteiger charge is -2.07. The van der Waals surface area contributed by atoms with Crippen molar-refractivity contribution < 1.29 is 0 Å². The second-order valence-electron chi connectivity index (χ2n) is 4.86. The van der Waals surface area contributed by atoms with Gasteiger partial charge in [-0.3, -0.25) is 4.68 Å². The zero-order valence-electron chi connectivity index (χ0n) is 12.1. The predicted octanol–water partition coefficient (Wildman–Crippen LogP) is 3.29. The molecule has 1 N–H and O–H groups in total. The van der Waals surface area contributed by atoms with Crippen LogP contribution in [0.15, 0.2) is 53.5 Å². The summed E-state index contributed by atoms with van der Waals surface area (Å²) in [6.07, 6.45) is 7.68. The number of aromatic nitrogens is 4. The van der Waals surface area contributed by atoms with E-state index in [0.29, 0.717) is 5.82 Å². The van der Waals surface area contributed by atoms with E-state index in [2.05, 4.69) is 36.3 Å². The summed E-state index contributed by atoms with van der Waals surface area (Å²) in [6, 6.07) is 10.0. The molecule has 0 aliphatic rings. The minimum atomic E-state index is 0.279. The first-order chi connectivity index (χ1) is 11.2. The van der Waals surface area contributed by atoms with Crippen molar-refractivity contribution in [2.75, 3.05) is 5.32 Å². The standard InChI is InChI=1S/C16H13BrN6/c17-13-10-21-23(11-13)8-5-12-1-3-14(4-2-12)22-16-15(9-18)19-6-7-20-16/h1-4,6-7,10-11H,5,8H2,(H,20,22). The van der Waals surface area contributed by atoms with Crippen LogP contribution in [-0.4, -0.2) is 19.7 Å². The number of benzene rings is 1. The van der Waals surface area contributed by atoms with Gasteiger partial charge in [-0.15, -0.1) is 0 Å². The first-order valence-electron chi connectivity index (χ1n) is 6.99. The van der Waals surface area contributed by atoms with Gasteiger partial charge in [-0.1, -0.05) is 12.1 Å². The zero-order valence-corrected chi connectivity index (χ0v) is 13.7. The fourth-order valence-corrected chi connectivity index (χ4v) is 2.43. The number of aryl methyl sites for hydroxylation is 2. The summed E-state index contributed by atoms with van der Waals surface area (Å²) < 4.78 is 2.88. The number of nitriles is 1. The molecule has 2 heterocycles. The Hall–Kier alpha value is -2.72. The number of nitrogens with one attached hydrogen (secondary N) is 1. The second-order valence-corrected chi connectivity index (χ2v) is 5.77. The van der Waals surface area contributed by atoms with Gasteiger partial charge in [0.2, 0.25) is 0 Å². The summed E-state index contributed by atoms with van der Waals surface area (Å²) in [4.78, 5) is 8.11. The highest BCUT2D eigenvalue weighted by Gasteiger charge is 2.04. The van der Waals surface area contributed by atoms with Crippen LogP contribution in [0, 0.1) is 11.3 Å². The molecule has 7 heteroatoms. The van der Waals surface area contributed by atoms with Gasteiger partial charge < -0.3 is 5.32 Å². The van der Waals surface area contributed by atoms with Gasteiger partial charge in [-0.2, -0.15) is 10.4 Å². The quantitative estimate of drug-likeness (QED) is 0.747. The zero-order chi connectivity index (χ0) is 16.1. The Labute approximate surface area is 141 Å². The van der Waals surface area contributed by atoms with Crippen LogP contribution in [0.25, 0.3) is 0 Å². The molecule has 3 rings (SSSR count). The van der Waals surface area contributed by atoms with E-state index in [0.717, 1.165) is 23.1 Å². The highest BCUT2D eigenvalue weighted by atomic mass is 79.9. The van der Waals surface area contributed by atoms with Crippen LogP contribution in [0.3, 0.4) is 0 Å². The molecule has 0 aliphatic carbocycles. The molecule has 0 saturated carbocycles. The number of hydrogen-bond acceptors (Lipinski definition) is 5. The van der Waals surface area contributed by atoms with Crippen LogP contribution in [0.1, 0.15) is 11.3 Å². The van der Waals surface area contributed by atoms with E-state index in [1.807, 2.05) is 41.2 Å².